The molecule has 7 rings (SSSR count). The van der Waals surface area contributed by atoms with Gasteiger partial charge in [0.15, 0.2) is 5.69 Å². The zero-order valence-corrected chi connectivity index (χ0v) is 31.1. The summed E-state index contributed by atoms with van der Waals surface area (Å²) in [5, 5.41) is 26.4. The summed E-state index contributed by atoms with van der Waals surface area (Å²) in [7, 11) is 0. The number of aryl methyl sites for hydroxylation is 1. The SMILES string of the molecule is NC(CCCCc1cn(-c2cc3ccc(O)cc3oc2=O)nn1)CCOCCOCCOc1ccc(-n2ncc3c2CCCC3NC(=O)c2ccccn2)cc1. The van der Waals surface area contributed by atoms with Crippen molar-refractivity contribution in [3.8, 4) is 22.9 Å². The molecular formula is C41H46N8O7. The van der Waals surface area contributed by atoms with Crippen molar-refractivity contribution in [2.45, 2.75) is 63.5 Å². The lowest BCUT2D eigenvalue weighted by Gasteiger charge is -2.24. The van der Waals surface area contributed by atoms with Gasteiger partial charge in [-0.1, -0.05) is 17.7 Å². The number of benzene rings is 2. The van der Waals surface area contributed by atoms with Crippen LogP contribution in [-0.2, 0) is 22.3 Å². The fourth-order valence-corrected chi connectivity index (χ4v) is 6.75. The summed E-state index contributed by atoms with van der Waals surface area (Å²) < 4.78 is 26.0. The Morgan fingerprint density at radius 1 is 1.00 bits per heavy atom. The minimum absolute atomic E-state index is 0.0284. The number of phenols is 1. The van der Waals surface area contributed by atoms with Crippen LogP contribution in [0.1, 0.15) is 72.0 Å². The van der Waals surface area contributed by atoms with Crippen LogP contribution in [0.3, 0.4) is 0 Å². The fourth-order valence-electron chi connectivity index (χ4n) is 6.75. The Morgan fingerprint density at radius 2 is 1.84 bits per heavy atom. The maximum atomic E-state index is 12.7. The van der Waals surface area contributed by atoms with Crippen LogP contribution in [0.2, 0.25) is 0 Å². The van der Waals surface area contributed by atoms with E-state index in [0.29, 0.717) is 56.1 Å². The number of hydrogen-bond donors (Lipinski definition) is 3. The Kier molecular flexibility index (Phi) is 12.8. The molecule has 1 aliphatic rings. The molecule has 2 aromatic carbocycles. The number of unbranched alkanes of at least 4 members (excludes halogenated alkanes) is 1. The van der Waals surface area contributed by atoms with Crippen molar-refractivity contribution in [3.05, 3.63) is 118 Å². The molecule has 292 valence electrons. The van der Waals surface area contributed by atoms with E-state index in [-0.39, 0.29) is 29.4 Å². The quantitative estimate of drug-likeness (QED) is 0.0739. The molecule has 0 fully saturated rings. The van der Waals surface area contributed by atoms with Gasteiger partial charge in [0, 0.05) is 41.6 Å². The van der Waals surface area contributed by atoms with Crippen LogP contribution in [0.5, 0.6) is 11.5 Å². The Balaban J connectivity index is 0.731. The standard InChI is InChI=1S/C41H46N8O7/c42-29(6-1-2-7-30-27-48(47-46-30)38-24-28-11-14-32(50)25-39(28)56-41(38)52)17-19-53-20-21-54-22-23-55-33-15-12-31(13-16-33)49-37-10-5-9-35(34(37)26-44-49)45-40(51)36-8-3-4-18-43-36/h3-4,8,11-16,18,24-27,29,35,50H,1-2,5-7,9-10,17,19-23,42H2,(H,45,51). The van der Waals surface area contributed by atoms with Crippen molar-refractivity contribution < 1.29 is 28.5 Å². The van der Waals surface area contributed by atoms with Crippen LogP contribution in [0.4, 0.5) is 0 Å². The minimum atomic E-state index is -0.556. The van der Waals surface area contributed by atoms with Gasteiger partial charge >= 0.3 is 5.63 Å². The molecular weight excluding hydrogens is 716 g/mol. The number of rotatable bonds is 19. The first kappa shape index (κ1) is 38.4. The number of amides is 1. The number of fused-ring (bicyclic) bond motifs is 2. The molecule has 0 aliphatic heterocycles. The Hall–Kier alpha value is -5.90. The van der Waals surface area contributed by atoms with E-state index in [1.54, 1.807) is 36.7 Å². The van der Waals surface area contributed by atoms with Gasteiger partial charge in [-0.15, -0.1) is 5.10 Å². The average Bonchev–Trinajstić information content (AvgIpc) is 3.87. The number of phenolic OH excluding ortho intramolecular Hbond substituents is 1. The normalized spacial score (nSPS) is 14.4. The molecule has 0 radical (unpaired) electrons. The lowest BCUT2D eigenvalue weighted by molar-refractivity contribution is 0.0343. The predicted molar refractivity (Wildman–Crippen MR) is 207 cm³/mol. The molecule has 15 heteroatoms. The Morgan fingerprint density at radius 3 is 2.68 bits per heavy atom. The number of nitrogens with one attached hydrogen (secondary N) is 1. The highest BCUT2D eigenvalue weighted by atomic mass is 16.5. The van der Waals surface area contributed by atoms with Crippen molar-refractivity contribution in [2.75, 3.05) is 33.0 Å². The molecule has 0 saturated carbocycles. The van der Waals surface area contributed by atoms with Crippen molar-refractivity contribution in [3.63, 3.8) is 0 Å². The van der Waals surface area contributed by atoms with E-state index in [1.807, 2.05) is 41.2 Å². The van der Waals surface area contributed by atoms with Gasteiger partial charge in [-0.2, -0.15) is 5.10 Å². The zero-order valence-electron chi connectivity index (χ0n) is 31.1. The van der Waals surface area contributed by atoms with E-state index >= 15 is 0 Å². The second-order valence-electron chi connectivity index (χ2n) is 13.7. The maximum absolute atomic E-state index is 12.7. The first-order chi connectivity index (χ1) is 27.4. The number of hydrogen-bond acceptors (Lipinski definition) is 12. The Bertz CT molecular complexity index is 2250. The van der Waals surface area contributed by atoms with Crippen LogP contribution < -0.4 is 21.4 Å². The van der Waals surface area contributed by atoms with Crippen molar-refractivity contribution in [1.29, 1.82) is 0 Å². The fraction of sp³-hybridized carbons (Fsp3) is 0.366. The van der Waals surface area contributed by atoms with Crippen LogP contribution in [0.25, 0.3) is 22.3 Å². The van der Waals surface area contributed by atoms with E-state index in [9.17, 15) is 14.7 Å². The topological polar surface area (TPSA) is 195 Å². The number of aromatic hydroxyl groups is 1. The van der Waals surface area contributed by atoms with Crippen molar-refractivity contribution >= 4 is 16.9 Å². The van der Waals surface area contributed by atoms with Gasteiger partial charge in [-0.3, -0.25) is 9.78 Å². The second-order valence-corrected chi connectivity index (χ2v) is 13.7. The van der Waals surface area contributed by atoms with Gasteiger partial charge in [0.05, 0.1) is 49.6 Å². The van der Waals surface area contributed by atoms with Gasteiger partial charge in [0.25, 0.3) is 5.91 Å². The smallest absolute Gasteiger partial charge is 0.362 e. The highest BCUT2D eigenvalue weighted by Gasteiger charge is 2.26. The van der Waals surface area contributed by atoms with E-state index < -0.39 is 5.63 Å². The highest BCUT2D eigenvalue weighted by molar-refractivity contribution is 5.92. The molecule has 0 spiro atoms. The molecule has 15 nitrogen and oxygen atoms in total. The monoisotopic (exact) mass is 762 g/mol. The van der Waals surface area contributed by atoms with Gasteiger partial charge in [0.1, 0.15) is 29.4 Å². The number of carbonyl (C=O) groups is 1. The number of pyridine rings is 1. The van der Waals surface area contributed by atoms with E-state index in [2.05, 4.69) is 25.7 Å². The summed E-state index contributed by atoms with van der Waals surface area (Å²) in [6, 6.07) is 19.3. The molecule has 4 heterocycles. The highest BCUT2D eigenvalue weighted by Crippen LogP contribution is 2.31. The summed E-state index contributed by atoms with van der Waals surface area (Å²) in [6.07, 6.45) is 12.1. The van der Waals surface area contributed by atoms with Crippen LogP contribution in [0.15, 0.2) is 94.5 Å². The summed E-state index contributed by atoms with van der Waals surface area (Å²) in [6.45, 7) is 2.38. The molecule has 4 N–H and O–H groups in total. The van der Waals surface area contributed by atoms with Gasteiger partial charge in [0.2, 0.25) is 0 Å². The third-order valence-electron chi connectivity index (χ3n) is 9.72. The third-order valence-corrected chi connectivity index (χ3v) is 9.72. The molecule has 56 heavy (non-hydrogen) atoms. The predicted octanol–water partition coefficient (Wildman–Crippen LogP) is 5.01. The summed E-state index contributed by atoms with van der Waals surface area (Å²) >= 11 is 0. The van der Waals surface area contributed by atoms with Crippen molar-refractivity contribution in [1.82, 2.24) is 35.1 Å². The number of carbonyl (C=O) groups excluding carboxylic acids is 1. The average molecular weight is 763 g/mol. The van der Waals surface area contributed by atoms with E-state index in [4.69, 9.17) is 24.4 Å². The zero-order chi connectivity index (χ0) is 38.7. The van der Waals surface area contributed by atoms with E-state index in [0.717, 1.165) is 73.3 Å². The third kappa shape index (κ3) is 9.85. The number of aromatic nitrogens is 6. The number of nitrogens with zero attached hydrogens (tertiary/aromatic N) is 6. The number of ether oxygens (including phenoxy) is 3. The molecule has 2 atom stereocenters. The van der Waals surface area contributed by atoms with E-state index in [1.165, 1.54) is 16.8 Å². The molecule has 0 saturated heterocycles. The first-order valence-electron chi connectivity index (χ1n) is 19.0. The minimum Gasteiger partial charge on any atom is -0.508 e. The first-order valence-corrected chi connectivity index (χ1v) is 19.0. The lowest BCUT2D eigenvalue weighted by Crippen LogP contribution is -2.31. The van der Waals surface area contributed by atoms with Crippen LogP contribution >= 0.6 is 0 Å². The molecule has 4 aromatic heterocycles. The molecule has 6 aromatic rings. The van der Waals surface area contributed by atoms with Crippen LogP contribution in [0, 0.1) is 0 Å². The van der Waals surface area contributed by atoms with Gasteiger partial charge in [-0.25, -0.2) is 14.2 Å². The van der Waals surface area contributed by atoms with Crippen LogP contribution in [-0.4, -0.2) is 79.8 Å². The molecule has 1 amide bonds. The number of nitrogens with two attached hydrogens (primary N) is 1. The molecule has 0 bridgehead atoms. The lowest BCUT2D eigenvalue weighted by atomic mass is 9.92. The molecule has 2 unspecified atom stereocenters. The second kappa shape index (κ2) is 18.6. The summed E-state index contributed by atoms with van der Waals surface area (Å²) in [4.78, 5) is 29.3. The van der Waals surface area contributed by atoms with Crippen molar-refractivity contribution in [2.24, 2.45) is 5.73 Å². The Labute approximate surface area is 323 Å². The maximum Gasteiger partial charge on any atom is 0.362 e. The summed E-state index contributed by atoms with van der Waals surface area (Å²) in [5.74, 6) is 0.591. The summed E-state index contributed by atoms with van der Waals surface area (Å²) in [5.41, 5.74) is 10.6. The van der Waals surface area contributed by atoms with Gasteiger partial charge in [-0.05, 0) is 99.5 Å². The largest absolute Gasteiger partial charge is 0.508 e. The van der Waals surface area contributed by atoms with Gasteiger partial charge < -0.3 is 34.8 Å². The molecule has 1 aliphatic carbocycles.